The van der Waals surface area contributed by atoms with Gasteiger partial charge in [-0.2, -0.15) is 0 Å². The van der Waals surface area contributed by atoms with E-state index in [2.05, 4.69) is 10.3 Å². The van der Waals surface area contributed by atoms with Crippen LogP contribution in [0.2, 0.25) is 5.02 Å². The normalized spacial score (nSPS) is 13.2. The van der Waals surface area contributed by atoms with Crippen molar-refractivity contribution >= 4 is 28.4 Å². The lowest BCUT2D eigenvalue weighted by Gasteiger charge is -2.23. The van der Waals surface area contributed by atoms with E-state index in [0.29, 0.717) is 17.3 Å². The number of nitrogens with one attached hydrogen (secondary N) is 2. The quantitative estimate of drug-likeness (QED) is 0.725. The Labute approximate surface area is 156 Å². The third kappa shape index (κ3) is 2.88. The molecule has 0 saturated heterocycles. The van der Waals surface area contributed by atoms with E-state index >= 15 is 0 Å². The second-order valence-electron chi connectivity index (χ2n) is 6.89. The van der Waals surface area contributed by atoms with Crippen molar-refractivity contribution in [2.75, 3.05) is 6.79 Å². The standard InChI is InChI=1S/C20H19ClN2O3/c1-20(2,15-10-22-16-8-13(21)4-5-14(15)16)19(24)23-9-12-3-6-17-18(7-12)26-11-25-17/h3-8,10,22H,9,11H2,1-2H3,(H,23,24). The number of carbonyl (C=O) groups is 1. The zero-order chi connectivity index (χ0) is 18.3. The van der Waals surface area contributed by atoms with Gasteiger partial charge in [-0.3, -0.25) is 4.79 Å². The summed E-state index contributed by atoms with van der Waals surface area (Å²) in [5, 5.41) is 4.68. The van der Waals surface area contributed by atoms with Gasteiger partial charge < -0.3 is 19.8 Å². The largest absolute Gasteiger partial charge is 0.454 e. The molecule has 1 amide bonds. The summed E-state index contributed by atoms with van der Waals surface area (Å²) in [6.07, 6.45) is 1.88. The summed E-state index contributed by atoms with van der Waals surface area (Å²) >= 11 is 6.04. The van der Waals surface area contributed by atoms with Gasteiger partial charge in [-0.05, 0) is 49.2 Å². The van der Waals surface area contributed by atoms with Gasteiger partial charge in [0.2, 0.25) is 12.7 Å². The van der Waals surface area contributed by atoms with Gasteiger partial charge in [0.05, 0.1) is 5.41 Å². The van der Waals surface area contributed by atoms with Crippen molar-refractivity contribution < 1.29 is 14.3 Å². The molecule has 3 aromatic rings. The highest BCUT2D eigenvalue weighted by atomic mass is 35.5. The summed E-state index contributed by atoms with van der Waals surface area (Å²) in [7, 11) is 0. The molecule has 0 atom stereocenters. The summed E-state index contributed by atoms with van der Waals surface area (Å²) in [6.45, 7) is 4.49. The van der Waals surface area contributed by atoms with E-state index in [4.69, 9.17) is 21.1 Å². The Bertz CT molecular complexity index is 994. The van der Waals surface area contributed by atoms with E-state index in [9.17, 15) is 4.79 Å². The molecule has 0 saturated carbocycles. The third-order valence-electron chi connectivity index (χ3n) is 4.77. The van der Waals surface area contributed by atoms with Gasteiger partial charge in [-0.1, -0.05) is 23.7 Å². The van der Waals surface area contributed by atoms with Gasteiger partial charge in [0.1, 0.15) is 0 Å². The zero-order valence-electron chi connectivity index (χ0n) is 14.6. The Morgan fingerprint density at radius 3 is 2.85 bits per heavy atom. The highest BCUT2D eigenvalue weighted by Crippen LogP contribution is 2.33. The molecule has 6 heteroatoms. The molecule has 0 unspecified atom stereocenters. The van der Waals surface area contributed by atoms with E-state index in [1.807, 2.05) is 56.4 Å². The van der Waals surface area contributed by atoms with Crippen molar-refractivity contribution in [3.05, 3.63) is 58.7 Å². The minimum Gasteiger partial charge on any atom is -0.454 e. The predicted molar refractivity (Wildman–Crippen MR) is 101 cm³/mol. The Morgan fingerprint density at radius 2 is 2.00 bits per heavy atom. The topological polar surface area (TPSA) is 63.4 Å². The van der Waals surface area contributed by atoms with Crippen LogP contribution in [0.25, 0.3) is 10.9 Å². The molecule has 5 nitrogen and oxygen atoms in total. The summed E-state index contributed by atoms with van der Waals surface area (Å²) in [5.74, 6) is 1.40. The number of H-pyrrole nitrogens is 1. The van der Waals surface area contributed by atoms with Gasteiger partial charge in [0, 0.05) is 28.7 Å². The molecule has 2 N–H and O–H groups in total. The molecule has 1 aliphatic heterocycles. The molecular formula is C20H19ClN2O3. The predicted octanol–water partition coefficient (Wildman–Crippen LogP) is 4.14. The maximum absolute atomic E-state index is 12.9. The summed E-state index contributed by atoms with van der Waals surface area (Å²) in [6, 6.07) is 11.3. The highest BCUT2D eigenvalue weighted by Gasteiger charge is 2.32. The van der Waals surface area contributed by atoms with E-state index in [0.717, 1.165) is 27.8 Å². The summed E-state index contributed by atoms with van der Waals surface area (Å²) in [5.41, 5.74) is 2.13. The van der Waals surface area contributed by atoms with Crippen LogP contribution < -0.4 is 14.8 Å². The number of hydrogen-bond donors (Lipinski definition) is 2. The Balaban J connectivity index is 1.52. The molecule has 0 fully saturated rings. The number of halogens is 1. The fourth-order valence-corrected chi connectivity index (χ4v) is 3.36. The average Bonchev–Trinajstić information content (AvgIpc) is 3.25. The first-order chi connectivity index (χ1) is 12.4. The first-order valence-corrected chi connectivity index (χ1v) is 8.77. The molecule has 134 valence electrons. The van der Waals surface area contributed by atoms with E-state index in [1.165, 1.54) is 0 Å². The lowest BCUT2D eigenvalue weighted by Crippen LogP contribution is -2.39. The first-order valence-electron chi connectivity index (χ1n) is 8.39. The molecule has 0 aliphatic carbocycles. The molecule has 2 heterocycles. The Kier molecular flexibility index (Phi) is 4.04. The Hall–Kier alpha value is -2.66. The number of aromatic nitrogens is 1. The third-order valence-corrected chi connectivity index (χ3v) is 5.01. The van der Waals surface area contributed by atoms with E-state index in [1.54, 1.807) is 0 Å². The van der Waals surface area contributed by atoms with Gasteiger partial charge in [0.25, 0.3) is 0 Å². The smallest absolute Gasteiger partial charge is 0.231 e. The van der Waals surface area contributed by atoms with E-state index < -0.39 is 5.41 Å². The fourth-order valence-electron chi connectivity index (χ4n) is 3.19. The van der Waals surface area contributed by atoms with Crippen molar-refractivity contribution in [2.45, 2.75) is 25.8 Å². The van der Waals surface area contributed by atoms with Crippen LogP contribution >= 0.6 is 11.6 Å². The number of benzene rings is 2. The van der Waals surface area contributed by atoms with Crippen LogP contribution in [0.1, 0.15) is 25.0 Å². The number of aromatic amines is 1. The van der Waals surface area contributed by atoms with Gasteiger partial charge in [0.15, 0.2) is 11.5 Å². The number of rotatable bonds is 4. The van der Waals surface area contributed by atoms with Crippen molar-refractivity contribution in [2.24, 2.45) is 0 Å². The lowest BCUT2D eigenvalue weighted by molar-refractivity contribution is -0.125. The molecule has 1 aliphatic rings. The van der Waals surface area contributed by atoms with E-state index in [-0.39, 0.29) is 12.7 Å². The first kappa shape index (κ1) is 16.8. The molecule has 0 spiro atoms. The lowest BCUT2D eigenvalue weighted by atomic mass is 9.83. The molecule has 2 aromatic carbocycles. The van der Waals surface area contributed by atoms with Crippen molar-refractivity contribution in [3.63, 3.8) is 0 Å². The molecular weight excluding hydrogens is 352 g/mol. The maximum Gasteiger partial charge on any atom is 0.231 e. The molecule has 1 aromatic heterocycles. The fraction of sp³-hybridized carbons (Fsp3) is 0.250. The molecule has 0 bridgehead atoms. The average molecular weight is 371 g/mol. The number of fused-ring (bicyclic) bond motifs is 2. The molecule has 0 radical (unpaired) electrons. The van der Waals surface area contributed by atoms with Crippen LogP contribution in [0.5, 0.6) is 11.5 Å². The summed E-state index contributed by atoms with van der Waals surface area (Å²) in [4.78, 5) is 16.1. The second kappa shape index (κ2) is 6.25. The van der Waals surface area contributed by atoms with Crippen molar-refractivity contribution in [1.29, 1.82) is 0 Å². The summed E-state index contributed by atoms with van der Waals surface area (Å²) < 4.78 is 10.7. The number of hydrogen-bond acceptors (Lipinski definition) is 3. The van der Waals surface area contributed by atoms with Crippen LogP contribution in [0.4, 0.5) is 0 Å². The van der Waals surface area contributed by atoms with Crippen LogP contribution in [0.15, 0.2) is 42.6 Å². The maximum atomic E-state index is 12.9. The number of amides is 1. The number of carbonyl (C=O) groups excluding carboxylic acids is 1. The monoisotopic (exact) mass is 370 g/mol. The number of ether oxygens (including phenoxy) is 2. The Morgan fingerprint density at radius 1 is 1.19 bits per heavy atom. The van der Waals surface area contributed by atoms with Crippen LogP contribution in [0.3, 0.4) is 0 Å². The SMILES string of the molecule is CC(C)(C(=O)NCc1ccc2c(c1)OCO2)c1c[nH]c2cc(Cl)ccc12. The minimum atomic E-state index is -0.692. The molecule has 26 heavy (non-hydrogen) atoms. The van der Waals surface area contributed by atoms with Gasteiger partial charge >= 0.3 is 0 Å². The van der Waals surface area contributed by atoms with Crippen molar-refractivity contribution in [1.82, 2.24) is 10.3 Å². The van der Waals surface area contributed by atoms with Crippen LogP contribution in [0, 0.1) is 0 Å². The molecule has 4 rings (SSSR count). The van der Waals surface area contributed by atoms with Crippen LogP contribution in [-0.2, 0) is 16.8 Å². The van der Waals surface area contributed by atoms with Crippen molar-refractivity contribution in [3.8, 4) is 11.5 Å². The minimum absolute atomic E-state index is 0.0500. The van der Waals surface area contributed by atoms with Gasteiger partial charge in [-0.25, -0.2) is 0 Å². The zero-order valence-corrected chi connectivity index (χ0v) is 15.3. The second-order valence-corrected chi connectivity index (χ2v) is 7.32. The van der Waals surface area contributed by atoms with Crippen LogP contribution in [-0.4, -0.2) is 17.7 Å². The van der Waals surface area contributed by atoms with Gasteiger partial charge in [-0.15, -0.1) is 0 Å². The highest BCUT2D eigenvalue weighted by molar-refractivity contribution is 6.31.